The molecule has 1 aliphatic carbocycles. The summed E-state index contributed by atoms with van der Waals surface area (Å²) in [5.74, 6) is -1.57. The van der Waals surface area contributed by atoms with Gasteiger partial charge in [-0.15, -0.1) is 11.3 Å². The van der Waals surface area contributed by atoms with Crippen molar-refractivity contribution in [1.82, 2.24) is 15.6 Å². The third-order valence-corrected chi connectivity index (χ3v) is 6.10. The predicted molar refractivity (Wildman–Crippen MR) is 108 cm³/mol. The molecule has 0 saturated carbocycles. The van der Waals surface area contributed by atoms with Crippen molar-refractivity contribution in [3.8, 4) is 0 Å². The van der Waals surface area contributed by atoms with Crippen LogP contribution in [-0.2, 0) is 24.1 Å². The van der Waals surface area contributed by atoms with E-state index in [0.717, 1.165) is 17.8 Å². The Balaban J connectivity index is 1.55. The molecule has 1 atom stereocenters. The fourth-order valence-corrected chi connectivity index (χ4v) is 4.47. The Morgan fingerprint density at radius 2 is 1.96 bits per heavy atom. The summed E-state index contributed by atoms with van der Waals surface area (Å²) in [7, 11) is 0. The number of carbonyl (C=O) groups excluding carboxylic acids is 2. The standard InChI is InChI=1S/C21H26FN3O2S/c1-13(2)19(25-20(26)14-7-3-4-8-15(14)22)21(27)23-12-11-18-24-16-9-5-6-10-17(16)28-18/h3-4,7-8,13,19H,5-6,9-12H2,1-2H3,(H,23,27)(H,25,26). The Bertz CT molecular complexity index is 826. The molecule has 1 unspecified atom stereocenters. The van der Waals surface area contributed by atoms with Gasteiger partial charge in [0, 0.05) is 17.8 Å². The molecule has 0 bridgehead atoms. The summed E-state index contributed by atoms with van der Waals surface area (Å²) < 4.78 is 13.8. The van der Waals surface area contributed by atoms with Crippen molar-refractivity contribution in [2.24, 2.45) is 5.92 Å². The fourth-order valence-electron chi connectivity index (χ4n) is 3.31. The molecule has 28 heavy (non-hydrogen) atoms. The number of aryl methyl sites for hydroxylation is 2. The Labute approximate surface area is 168 Å². The van der Waals surface area contributed by atoms with Crippen molar-refractivity contribution < 1.29 is 14.0 Å². The molecular formula is C21H26FN3O2S. The first-order valence-corrected chi connectivity index (χ1v) is 10.6. The van der Waals surface area contributed by atoms with E-state index in [0.29, 0.717) is 13.0 Å². The highest BCUT2D eigenvalue weighted by Crippen LogP contribution is 2.26. The van der Waals surface area contributed by atoms with Crippen LogP contribution in [0.15, 0.2) is 24.3 Å². The minimum Gasteiger partial charge on any atom is -0.354 e. The lowest BCUT2D eigenvalue weighted by Crippen LogP contribution is -2.50. The van der Waals surface area contributed by atoms with Gasteiger partial charge in [-0.2, -0.15) is 0 Å². The van der Waals surface area contributed by atoms with Gasteiger partial charge in [0.05, 0.1) is 16.3 Å². The lowest BCUT2D eigenvalue weighted by Gasteiger charge is -2.21. The number of benzene rings is 1. The normalized spacial score (nSPS) is 14.4. The number of fused-ring (bicyclic) bond motifs is 1. The topological polar surface area (TPSA) is 71.1 Å². The maximum absolute atomic E-state index is 13.8. The zero-order chi connectivity index (χ0) is 20.1. The van der Waals surface area contributed by atoms with Crippen LogP contribution in [0.25, 0.3) is 0 Å². The molecule has 150 valence electrons. The number of thiazole rings is 1. The van der Waals surface area contributed by atoms with Gasteiger partial charge in [0.1, 0.15) is 11.9 Å². The van der Waals surface area contributed by atoms with Crippen molar-refractivity contribution in [3.63, 3.8) is 0 Å². The molecule has 1 aromatic carbocycles. The van der Waals surface area contributed by atoms with E-state index in [1.54, 1.807) is 17.4 Å². The van der Waals surface area contributed by atoms with Crippen LogP contribution in [0.1, 0.15) is 52.6 Å². The van der Waals surface area contributed by atoms with E-state index in [4.69, 9.17) is 0 Å². The van der Waals surface area contributed by atoms with Crippen molar-refractivity contribution in [2.75, 3.05) is 6.54 Å². The highest BCUT2D eigenvalue weighted by molar-refractivity contribution is 7.11. The molecule has 7 heteroatoms. The van der Waals surface area contributed by atoms with E-state index >= 15 is 0 Å². The first-order chi connectivity index (χ1) is 13.5. The van der Waals surface area contributed by atoms with E-state index in [-0.39, 0.29) is 17.4 Å². The third kappa shape index (κ3) is 4.95. The largest absolute Gasteiger partial charge is 0.354 e. The second-order valence-corrected chi connectivity index (χ2v) is 8.57. The number of hydrogen-bond donors (Lipinski definition) is 2. The molecule has 0 fully saturated rings. The number of rotatable bonds is 7. The highest BCUT2D eigenvalue weighted by Gasteiger charge is 2.25. The summed E-state index contributed by atoms with van der Waals surface area (Å²) in [4.78, 5) is 31.0. The number of nitrogens with one attached hydrogen (secondary N) is 2. The van der Waals surface area contributed by atoms with Gasteiger partial charge in [0.15, 0.2) is 0 Å². The molecule has 0 saturated heterocycles. The van der Waals surface area contributed by atoms with E-state index in [2.05, 4.69) is 15.6 Å². The second kappa shape index (κ2) is 9.28. The molecule has 0 spiro atoms. The Morgan fingerprint density at radius 3 is 2.68 bits per heavy atom. The van der Waals surface area contributed by atoms with Gasteiger partial charge >= 0.3 is 0 Å². The van der Waals surface area contributed by atoms with Crippen LogP contribution < -0.4 is 10.6 Å². The predicted octanol–water partition coefficient (Wildman–Crippen LogP) is 3.27. The van der Waals surface area contributed by atoms with Crippen molar-refractivity contribution in [3.05, 3.63) is 51.2 Å². The SMILES string of the molecule is CC(C)C(NC(=O)c1ccccc1F)C(=O)NCCc1nc2c(s1)CCCC2. The molecule has 1 heterocycles. The highest BCUT2D eigenvalue weighted by atomic mass is 32.1. The molecule has 2 N–H and O–H groups in total. The first-order valence-electron chi connectivity index (χ1n) is 9.76. The van der Waals surface area contributed by atoms with Gasteiger partial charge in [-0.3, -0.25) is 9.59 Å². The molecule has 3 rings (SSSR count). The van der Waals surface area contributed by atoms with Gasteiger partial charge in [-0.25, -0.2) is 9.37 Å². The van der Waals surface area contributed by atoms with Crippen LogP contribution in [0.5, 0.6) is 0 Å². The molecule has 0 aliphatic heterocycles. The zero-order valence-corrected chi connectivity index (χ0v) is 17.1. The summed E-state index contributed by atoms with van der Waals surface area (Å²) in [5, 5.41) is 6.59. The number of aromatic nitrogens is 1. The molecule has 5 nitrogen and oxygen atoms in total. The van der Waals surface area contributed by atoms with Crippen molar-refractivity contribution in [1.29, 1.82) is 0 Å². The van der Waals surface area contributed by atoms with Crippen LogP contribution in [0, 0.1) is 11.7 Å². The quantitative estimate of drug-likeness (QED) is 0.745. The molecular weight excluding hydrogens is 377 g/mol. The summed E-state index contributed by atoms with van der Waals surface area (Å²) >= 11 is 1.74. The minimum absolute atomic E-state index is 0.0608. The van der Waals surface area contributed by atoms with Gasteiger partial charge in [0.25, 0.3) is 5.91 Å². The van der Waals surface area contributed by atoms with Crippen LogP contribution in [0.2, 0.25) is 0 Å². The summed E-state index contributed by atoms with van der Waals surface area (Å²) in [6.07, 6.45) is 5.26. The van der Waals surface area contributed by atoms with E-state index in [1.807, 2.05) is 13.8 Å². The number of nitrogens with zero attached hydrogens (tertiary/aromatic N) is 1. The maximum Gasteiger partial charge on any atom is 0.254 e. The van der Waals surface area contributed by atoms with E-state index in [9.17, 15) is 14.0 Å². The van der Waals surface area contributed by atoms with Crippen LogP contribution in [0.3, 0.4) is 0 Å². The Kier molecular flexibility index (Phi) is 6.78. The van der Waals surface area contributed by atoms with Crippen LogP contribution >= 0.6 is 11.3 Å². The summed E-state index contributed by atoms with van der Waals surface area (Å²) in [6, 6.07) is 5.03. The van der Waals surface area contributed by atoms with Crippen LogP contribution in [0.4, 0.5) is 4.39 Å². The summed E-state index contributed by atoms with van der Waals surface area (Å²) in [6.45, 7) is 4.16. The molecule has 0 radical (unpaired) electrons. The van der Waals surface area contributed by atoms with Gasteiger partial charge in [-0.1, -0.05) is 26.0 Å². The zero-order valence-electron chi connectivity index (χ0n) is 16.3. The van der Waals surface area contributed by atoms with Crippen molar-refractivity contribution >= 4 is 23.2 Å². The monoisotopic (exact) mass is 403 g/mol. The molecule has 2 amide bonds. The Hall–Kier alpha value is -2.28. The third-order valence-electron chi connectivity index (χ3n) is 4.88. The Morgan fingerprint density at radius 1 is 1.21 bits per heavy atom. The van der Waals surface area contributed by atoms with Crippen molar-refractivity contribution in [2.45, 2.75) is 52.0 Å². The lowest BCUT2D eigenvalue weighted by atomic mass is 10.0. The maximum atomic E-state index is 13.8. The van der Waals surface area contributed by atoms with Crippen LogP contribution in [-0.4, -0.2) is 29.4 Å². The van der Waals surface area contributed by atoms with E-state index < -0.39 is 17.8 Å². The second-order valence-electron chi connectivity index (χ2n) is 7.40. The molecule has 1 aliphatic rings. The number of carbonyl (C=O) groups is 2. The van der Waals surface area contributed by atoms with Gasteiger partial charge in [0.2, 0.25) is 5.91 Å². The number of hydrogen-bond acceptors (Lipinski definition) is 4. The lowest BCUT2D eigenvalue weighted by molar-refractivity contribution is -0.123. The fraction of sp³-hybridized carbons (Fsp3) is 0.476. The first kappa shape index (κ1) is 20.5. The summed E-state index contributed by atoms with van der Waals surface area (Å²) in [5.41, 5.74) is 1.16. The van der Waals surface area contributed by atoms with E-state index in [1.165, 1.54) is 41.6 Å². The average molecular weight is 404 g/mol. The smallest absolute Gasteiger partial charge is 0.254 e. The molecule has 2 aromatic rings. The van der Waals surface area contributed by atoms with Gasteiger partial charge < -0.3 is 10.6 Å². The van der Waals surface area contributed by atoms with Gasteiger partial charge in [-0.05, 0) is 43.7 Å². The number of halogens is 1. The molecule has 1 aromatic heterocycles. The average Bonchev–Trinajstić information content (AvgIpc) is 3.08. The number of amides is 2. The minimum atomic E-state index is -0.725.